The van der Waals surface area contributed by atoms with Gasteiger partial charge in [-0.15, -0.1) is 0 Å². The molecule has 0 aliphatic rings. The number of nitrogens with zero attached hydrogens (tertiary/aromatic N) is 1. The van der Waals surface area contributed by atoms with Gasteiger partial charge in [-0.05, 0) is 42.5 Å². The van der Waals surface area contributed by atoms with Crippen molar-refractivity contribution in [2.45, 2.75) is 30.6 Å². The maximum absolute atomic E-state index is 12.4. The Bertz CT molecular complexity index is 931. The zero-order chi connectivity index (χ0) is 18.7. The van der Waals surface area contributed by atoms with Crippen LogP contribution in [0, 0.1) is 5.41 Å². The number of amides is 1. The topological polar surface area (TPSA) is 51.2 Å². The Morgan fingerprint density at radius 1 is 1.08 bits per heavy atom. The molecule has 5 heteroatoms. The Balaban J connectivity index is 1.95. The van der Waals surface area contributed by atoms with Crippen molar-refractivity contribution in [3.05, 3.63) is 54.7 Å². The summed E-state index contributed by atoms with van der Waals surface area (Å²) in [5.74, 6) is 0.807. The lowest BCUT2D eigenvalue weighted by Crippen LogP contribution is -2.27. The van der Waals surface area contributed by atoms with E-state index in [1.807, 2.05) is 69.3 Å². The fourth-order valence-corrected chi connectivity index (χ4v) is 3.35. The molecule has 0 radical (unpaired) electrons. The fourth-order valence-electron chi connectivity index (χ4n) is 2.42. The number of nitrogens with one attached hydrogen (secondary N) is 1. The number of methoxy groups -OCH3 is 1. The number of hydrogen-bond acceptors (Lipinski definition) is 4. The quantitative estimate of drug-likeness (QED) is 0.673. The third-order valence-electron chi connectivity index (χ3n) is 3.95. The van der Waals surface area contributed by atoms with E-state index in [9.17, 15) is 4.79 Å². The Hall–Kier alpha value is -2.53. The lowest BCUT2D eigenvalue weighted by Gasteiger charge is -2.19. The van der Waals surface area contributed by atoms with Gasteiger partial charge in [0.1, 0.15) is 5.75 Å². The van der Waals surface area contributed by atoms with Gasteiger partial charge in [0.2, 0.25) is 5.91 Å². The summed E-state index contributed by atoms with van der Waals surface area (Å²) < 4.78 is 5.21. The molecular weight excluding hydrogens is 344 g/mol. The molecule has 0 aliphatic heterocycles. The number of carbonyl (C=O) groups is 1. The number of anilines is 1. The molecule has 1 heterocycles. The molecule has 0 spiro atoms. The van der Waals surface area contributed by atoms with Gasteiger partial charge >= 0.3 is 0 Å². The van der Waals surface area contributed by atoms with E-state index >= 15 is 0 Å². The second-order valence-corrected chi connectivity index (χ2v) is 8.11. The van der Waals surface area contributed by atoms with Crippen LogP contribution in [-0.2, 0) is 4.79 Å². The predicted octanol–water partition coefficient (Wildman–Crippen LogP) is 5.38. The Kier molecular flexibility index (Phi) is 5.18. The molecule has 0 unspecified atom stereocenters. The molecule has 1 amide bonds. The lowest BCUT2D eigenvalue weighted by molar-refractivity contribution is -0.123. The number of hydrogen-bond donors (Lipinski definition) is 1. The third kappa shape index (κ3) is 3.99. The van der Waals surface area contributed by atoms with Crippen molar-refractivity contribution < 1.29 is 9.53 Å². The molecular formula is C21H22N2O2S. The van der Waals surface area contributed by atoms with Gasteiger partial charge < -0.3 is 10.1 Å². The number of aromatic nitrogens is 1. The second-order valence-electron chi connectivity index (χ2n) is 6.99. The first-order valence-corrected chi connectivity index (χ1v) is 9.21. The molecule has 4 nitrogen and oxygen atoms in total. The van der Waals surface area contributed by atoms with E-state index in [-0.39, 0.29) is 5.91 Å². The summed E-state index contributed by atoms with van der Waals surface area (Å²) in [5.41, 5.74) is 1.07. The largest absolute Gasteiger partial charge is 0.497 e. The smallest absolute Gasteiger partial charge is 0.229 e. The van der Waals surface area contributed by atoms with Gasteiger partial charge in [-0.25, -0.2) is 0 Å². The maximum Gasteiger partial charge on any atom is 0.229 e. The summed E-state index contributed by atoms with van der Waals surface area (Å²) in [4.78, 5) is 19.1. The van der Waals surface area contributed by atoms with Crippen LogP contribution in [0.2, 0.25) is 0 Å². The van der Waals surface area contributed by atoms with Crippen LogP contribution in [0.5, 0.6) is 5.75 Å². The highest BCUT2D eigenvalue weighted by molar-refractivity contribution is 7.99. The van der Waals surface area contributed by atoms with Crippen LogP contribution in [0.25, 0.3) is 10.9 Å². The SMILES string of the molecule is COc1ccc(Sc2ccc(NC(=O)C(C)(C)C)c3ncccc23)cc1. The van der Waals surface area contributed by atoms with Crippen LogP contribution in [0.1, 0.15) is 20.8 Å². The van der Waals surface area contributed by atoms with Crippen molar-refractivity contribution in [3.63, 3.8) is 0 Å². The molecule has 0 bridgehead atoms. The van der Waals surface area contributed by atoms with Gasteiger partial charge in [0, 0.05) is 26.8 Å². The monoisotopic (exact) mass is 366 g/mol. The normalized spacial score (nSPS) is 11.4. The molecule has 0 saturated heterocycles. The lowest BCUT2D eigenvalue weighted by atomic mass is 9.95. The first kappa shape index (κ1) is 18.3. The number of rotatable bonds is 4. The second kappa shape index (κ2) is 7.38. The first-order valence-electron chi connectivity index (χ1n) is 8.39. The molecule has 0 saturated carbocycles. The standard InChI is InChI=1S/C21H22N2O2S/c1-21(2,3)20(24)23-17-11-12-18(16-6-5-13-22-19(16)17)26-15-9-7-14(25-4)8-10-15/h5-13H,1-4H3,(H,23,24). The van der Waals surface area contributed by atoms with Gasteiger partial charge in [-0.1, -0.05) is 38.6 Å². The minimum absolute atomic E-state index is 0.0278. The molecule has 26 heavy (non-hydrogen) atoms. The van der Waals surface area contributed by atoms with Crippen molar-refractivity contribution in [1.82, 2.24) is 4.98 Å². The molecule has 0 aliphatic carbocycles. The van der Waals surface area contributed by atoms with Gasteiger partial charge in [0.05, 0.1) is 18.3 Å². The molecule has 0 atom stereocenters. The van der Waals surface area contributed by atoms with Crippen molar-refractivity contribution in [1.29, 1.82) is 0 Å². The molecule has 0 fully saturated rings. The van der Waals surface area contributed by atoms with Crippen LogP contribution in [-0.4, -0.2) is 18.0 Å². The Morgan fingerprint density at radius 2 is 1.81 bits per heavy atom. The van der Waals surface area contributed by atoms with Crippen molar-refractivity contribution >= 4 is 34.3 Å². The zero-order valence-electron chi connectivity index (χ0n) is 15.4. The number of benzene rings is 2. The van der Waals surface area contributed by atoms with Crippen molar-refractivity contribution in [2.75, 3.05) is 12.4 Å². The summed E-state index contributed by atoms with van der Waals surface area (Å²) in [5, 5.41) is 4.02. The van der Waals surface area contributed by atoms with E-state index in [1.54, 1.807) is 25.1 Å². The highest BCUT2D eigenvalue weighted by atomic mass is 32.2. The molecule has 1 aromatic heterocycles. The van der Waals surface area contributed by atoms with E-state index in [0.29, 0.717) is 0 Å². The van der Waals surface area contributed by atoms with E-state index in [4.69, 9.17) is 4.74 Å². The van der Waals surface area contributed by atoms with E-state index in [0.717, 1.165) is 32.1 Å². The molecule has 134 valence electrons. The molecule has 2 aromatic carbocycles. The van der Waals surface area contributed by atoms with Crippen LogP contribution in [0.3, 0.4) is 0 Å². The van der Waals surface area contributed by atoms with Crippen molar-refractivity contribution in [3.8, 4) is 5.75 Å². The van der Waals surface area contributed by atoms with Gasteiger partial charge in [0.15, 0.2) is 0 Å². The first-order chi connectivity index (χ1) is 12.4. The predicted molar refractivity (Wildman–Crippen MR) is 107 cm³/mol. The van der Waals surface area contributed by atoms with Gasteiger partial charge in [-0.3, -0.25) is 9.78 Å². The summed E-state index contributed by atoms with van der Waals surface area (Å²) >= 11 is 1.66. The summed E-state index contributed by atoms with van der Waals surface area (Å²) in [6, 6.07) is 15.8. The minimum Gasteiger partial charge on any atom is -0.497 e. The number of ether oxygens (including phenoxy) is 1. The van der Waals surface area contributed by atoms with Crippen LogP contribution >= 0.6 is 11.8 Å². The number of pyridine rings is 1. The Morgan fingerprint density at radius 3 is 2.46 bits per heavy atom. The summed E-state index contributed by atoms with van der Waals surface area (Å²) in [7, 11) is 1.66. The van der Waals surface area contributed by atoms with Gasteiger partial charge in [-0.2, -0.15) is 0 Å². The van der Waals surface area contributed by atoms with Gasteiger partial charge in [0.25, 0.3) is 0 Å². The molecule has 3 rings (SSSR count). The average molecular weight is 366 g/mol. The Labute approximate surface area is 158 Å². The maximum atomic E-state index is 12.4. The fraction of sp³-hybridized carbons (Fsp3) is 0.238. The molecule has 1 N–H and O–H groups in total. The number of carbonyl (C=O) groups excluding carboxylic acids is 1. The van der Waals surface area contributed by atoms with Crippen LogP contribution in [0.4, 0.5) is 5.69 Å². The summed E-state index contributed by atoms with van der Waals surface area (Å²) in [6.07, 6.45) is 1.75. The van der Waals surface area contributed by atoms with Crippen LogP contribution < -0.4 is 10.1 Å². The highest BCUT2D eigenvalue weighted by Crippen LogP contribution is 2.36. The van der Waals surface area contributed by atoms with Crippen LogP contribution in [0.15, 0.2) is 64.5 Å². The highest BCUT2D eigenvalue weighted by Gasteiger charge is 2.22. The number of fused-ring (bicyclic) bond motifs is 1. The van der Waals surface area contributed by atoms with Crippen molar-refractivity contribution in [2.24, 2.45) is 5.41 Å². The average Bonchev–Trinajstić information content (AvgIpc) is 2.63. The van der Waals surface area contributed by atoms with E-state index in [2.05, 4.69) is 10.3 Å². The zero-order valence-corrected chi connectivity index (χ0v) is 16.2. The third-order valence-corrected chi connectivity index (χ3v) is 5.03. The summed E-state index contributed by atoms with van der Waals surface area (Å²) in [6.45, 7) is 5.68. The minimum atomic E-state index is -0.461. The molecule has 3 aromatic rings. The van der Waals surface area contributed by atoms with E-state index < -0.39 is 5.41 Å². The van der Waals surface area contributed by atoms with E-state index in [1.165, 1.54) is 0 Å².